The number of hydrogen-bond donors (Lipinski definition) is 3. The molecule has 0 heterocycles. The zero-order valence-electron chi connectivity index (χ0n) is 4.20. The van der Waals surface area contributed by atoms with E-state index in [1.165, 1.54) is 0 Å². The molecule has 0 fully saturated rings. The van der Waals surface area contributed by atoms with E-state index >= 15 is 0 Å². The molecule has 0 aliphatic rings. The standard InChI is InChI=1S/BH3O3.Ca.2ClO/c2-1(3)4;;2*1-2/h2-4H;;;/q;+2;2*-1. The fraction of sp³-hybridized carbons (Fsp3) is 0. The van der Waals surface area contributed by atoms with Crippen LogP contribution in [0.4, 0.5) is 0 Å². The van der Waals surface area contributed by atoms with Crippen molar-refractivity contribution in [1.82, 2.24) is 0 Å². The maximum atomic E-state index is 7.72. The molecule has 0 aromatic carbocycles. The van der Waals surface area contributed by atoms with Crippen LogP contribution in [-0.2, 0) is 0 Å². The minimum atomic E-state index is -2.17. The van der Waals surface area contributed by atoms with E-state index in [1.807, 2.05) is 0 Å². The van der Waals surface area contributed by atoms with Gasteiger partial charge in [0.05, 0.1) is 0 Å². The van der Waals surface area contributed by atoms with Crippen molar-refractivity contribution in [1.29, 1.82) is 0 Å². The first kappa shape index (κ1) is 22.4. The number of halogens is 2. The average molecular weight is 205 g/mol. The molecule has 0 spiro atoms. The van der Waals surface area contributed by atoms with Crippen LogP contribution in [0.25, 0.3) is 0 Å². The fourth-order valence-electron chi connectivity index (χ4n) is 0. The van der Waals surface area contributed by atoms with Gasteiger partial charge in [-0.05, 0) is 0 Å². The van der Waals surface area contributed by atoms with Crippen LogP contribution in [0.5, 0.6) is 0 Å². The normalized spacial score (nSPS) is 4.33. The third-order valence-electron chi connectivity index (χ3n) is 0. The van der Waals surface area contributed by atoms with Crippen molar-refractivity contribution in [3.05, 3.63) is 0 Å². The molecule has 5 nitrogen and oxygen atoms in total. The smallest absolute Gasteiger partial charge is 0.769 e. The maximum absolute atomic E-state index is 7.72. The topological polar surface area (TPSA) is 107 Å². The predicted octanol–water partition coefficient (Wildman–Crippen LogP) is -3.43. The molecule has 3 N–H and O–H groups in total. The van der Waals surface area contributed by atoms with Crippen molar-refractivity contribution in [3.8, 4) is 0 Å². The molecule has 0 unspecified atom stereocenters. The Morgan fingerprint density at radius 3 is 0.889 bits per heavy atom. The fourth-order valence-corrected chi connectivity index (χ4v) is 0. The Kier molecular flexibility index (Phi) is 82.8. The first-order valence-corrected chi connectivity index (χ1v) is 1.70. The molecular weight excluding hydrogens is 202 g/mol. The second-order valence-corrected chi connectivity index (χ2v) is 0.346. The molecule has 0 bridgehead atoms. The summed E-state index contributed by atoms with van der Waals surface area (Å²) in [6, 6.07) is 0. The molecule has 0 radical (unpaired) electrons. The van der Waals surface area contributed by atoms with Crippen LogP contribution in [0, 0.1) is 0 Å². The Bertz CT molecular complexity index is 19.7. The van der Waals surface area contributed by atoms with E-state index in [9.17, 15) is 0 Å². The zero-order chi connectivity index (χ0) is 7.58. The SMILES string of the molecule is OB(O)O.[Ca+2].[O-]Cl.[O-]Cl. The van der Waals surface area contributed by atoms with Crippen molar-refractivity contribution in [2.45, 2.75) is 0 Å². The predicted molar refractivity (Wildman–Crippen MR) is 29.9 cm³/mol. The summed E-state index contributed by atoms with van der Waals surface area (Å²) in [7, 11) is -2.17. The third kappa shape index (κ3) is 198. The summed E-state index contributed by atoms with van der Waals surface area (Å²) in [4.78, 5) is 0. The van der Waals surface area contributed by atoms with Crippen LogP contribution < -0.4 is 9.32 Å². The molecular formula is H3BCaCl2O5. The van der Waals surface area contributed by atoms with Gasteiger partial charge in [-0.15, -0.1) is 0 Å². The van der Waals surface area contributed by atoms with Crippen LogP contribution in [0.3, 0.4) is 0 Å². The molecule has 0 saturated carbocycles. The largest absolute Gasteiger partial charge is 2.00 e. The van der Waals surface area contributed by atoms with Crippen molar-refractivity contribution in [2.75, 3.05) is 0 Å². The van der Waals surface area contributed by atoms with Gasteiger partial charge in [-0.3, -0.25) is 0 Å². The van der Waals surface area contributed by atoms with E-state index in [4.69, 9.17) is 24.4 Å². The molecule has 0 amide bonds. The van der Waals surface area contributed by atoms with Gasteiger partial charge in [-0.2, -0.15) is 0 Å². The quantitative estimate of drug-likeness (QED) is 0.356. The van der Waals surface area contributed by atoms with Crippen molar-refractivity contribution in [3.63, 3.8) is 0 Å². The van der Waals surface area contributed by atoms with E-state index in [2.05, 4.69) is 23.7 Å². The second-order valence-electron chi connectivity index (χ2n) is 0.346. The van der Waals surface area contributed by atoms with Crippen molar-refractivity contribution < 1.29 is 24.4 Å². The Morgan fingerprint density at radius 1 is 0.889 bits per heavy atom. The molecule has 0 aliphatic heterocycles. The summed E-state index contributed by atoms with van der Waals surface area (Å²) in [5.41, 5.74) is 0. The van der Waals surface area contributed by atoms with E-state index in [0.717, 1.165) is 0 Å². The Hall–Kier alpha value is 1.70. The van der Waals surface area contributed by atoms with Gasteiger partial charge < -0.3 is 24.4 Å². The van der Waals surface area contributed by atoms with Gasteiger partial charge in [0.1, 0.15) is 0 Å². The molecule has 0 saturated heterocycles. The average Bonchev–Trinajstić information content (AvgIpc) is 1.75. The third-order valence-corrected chi connectivity index (χ3v) is 0. The Labute approximate surface area is 92.4 Å². The number of hydrogen-bond acceptors (Lipinski definition) is 5. The minimum absolute atomic E-state index is 0. The van der Waals surface area contributed by atoms with Gasteiger partial charge in [-0.1, -0.05) is 0 Å². The monoisotopic (exact) mass is 204 g/mol. The summed E-state index contributed by atoms with van der Waals surface area (Å²) in [5, 5.41) is 21.5. The second kappa shape index (κ2) is 33.2. The van der Waals surface area contributed by atoms with Gasteiger partial charge >= 0.3 is 45.1 Å². The van der Waals surface area contributed by atoms with Crippen LogP contribution in [0.2, 0.25) is 0 Å². The van der Waals surface area contributed by atoms with Crippen LogP contribution in [-0.4, -0.2) is 60.1 Å². The van der Waals surface area contributed by atoms with E-state index in [1.54, 1.807) is 0 Å². The zero-order valence-corrected chi connectivity index (χ0v) is 7.92. The van der Waals surface area contributed by atoms with E-state index < -0.39 is 7.32 Å². The maximum Gasteiger partial charge on any atom is 2.00 e. The summed E-state index contributed by atoms with van der Waals surface area (Å²) in [6.45, 7) is 0. The van der Waals surface area contributed by atoms with Crippen LogP contribution >= 0.6 is 23.7 Å². The molecule has 0 aromatic rings. The molecule has 0 rings (SSSR count). The first-order valence-electron chi connectivity index (χ1n) is 1.08. The first-order chi connectivity index (χ1) is 3.73. The van der Waals surface area contributed by atoms with Gasteiger partial charge in [0, 0.05) is 0 Å². The van der Waals surface area contributed by atoms with Gasteiger partial charge in [0.2, 0.25) is 0 Å². The Morgan fingerprint density at radius 2 is 0.889 bits per heavy atom. The van der Waals surface area contributed by atoms with E-state index in [0.29, 0.717) is 0 Å². The van der Waals surface area contributed by atoms with E-state index in [-0.39, 0.29) is 37.7 Å². The molecule has 52 valence electrons. The molecule has 0 atom stereocenters. The molecule has 9 heavy (non-hydrogen) atoms. The molecule has 0 aliphatic carbocycles. The minimum Gasteiger partial charge on any atom is -0.769 e. The van der Waals surface area contributed by atoms with Crippen molar-refractivity contribution >= 4 is 68.8 Å². The number of rotatable bonds is 0. The van der Waals surface area contributed by atoms with Crippen LogP contribution in [0.15, 0.2) is 0 Å². The summed E-state index contributed by atoms with van der Waals surface area (Å²) in [5.74, 6) is 0. The van der Waals surface area contributed by atoms with Gasteiger partial charge in [0.15, 0.2) is 0 Å². The van der Waals surface area contributed by atoms with Gasteiger partial charge in [-0.25, -0.2) is 23.7 Å². The summed E-state index contributed by atoms with van der Waals surface area (Å²) >= 11 is 6.78. The van der Waals surface area contributed by atoms with Crippen molar-refractivity contribution in [2.24, 2.45) is 0 Å². The summed E-state index contributed by atoms with van der Waals surface area (Å²) in [6.07, 6.45) is 0. The summed E-state index contributed by atoms with van der Waals surface area (Å²) < 4.78 is 15.4. The Balaban J connectivity index is -0.0000000221. The van der Waals surface area contributed by atoms with Gasteiger partial charge in [0.25, 0.3) is 0 Å². The molecule has 9 heteroatoms. The van der Waals surface area contributed by atoms with Crippen LogP contribution in [0.1, 0.15) is 0 Å². The molecule has 0 aromatic heterocycles.